The number of unbranched alkanes of at least 4 members (excludes halogenated alkanes) is 1. The SMILES string of the molecule is COc1cc2cc(c1Cl)N(C)C(=O)C[C@H](OC(=O)[C@H](C)N(C)C(=O)c1ccc(NC(=O)[C@H](CCCNC(N)=O)NC(=O)[C@@H](NC(=S)NCCCCN3C(=O)C=CC3O)C(C)C)c(O)c1)[C@]1(C)O[C@H]1[C@H](C)[C@@H]1C[C@@](O)(NC(=O)O1)[C@H](OC)/C=C/C=C(\C)C2. The van der Waals surface area contributed by atoms with Crippen LogP contribution in [0.15, 0.2) is 66.3 Å². The number of esters is 1. The molecule has 87 heavy (non-hydrogen) atoms. The lowest BCUT2D eigenvalue weighted by Crippen LogP contribution is -2.63. The van der Waals surface area contributed by atoms with Crippen LogP contribution in [0, 0.1) is 11.8 Å². The zero-order chi connectivity index (χ0) is 64.2. The van der Waals surface area contributed by atoms with Crippen LogP contribution >= 0.6 is 23.8 Å². The molecule has 476 valence electrons. The fourth-order valence-electron chi connectivity index (χ4n) is 10.5. The lowest BCUT2D eigenvalue weighted by atomic mass is 9.83. The van der Waals surface area contributed by atoms with E-state index in [9.17, 15) is 53.7 Å². The van der Waals surface area contributed by atoms with Gasteiger partial charge in [-0.15, -0.1) is 0 Å². The van der Waals surface area contributed by atoms with Crippen molar-refractivity contribution in [1.82, 2.24) is 36.4 Å². The smallest absolute Gasteiger partial charge is 0.409 e. The topological polar surface area (TPSA) is 355 Å². The Balaban J connectivity index is 1.16. The molecule has 8 amide bonds. The molecular weight excluding hydrogens is 1170 g/mol. The number of halogens is 1. The molecule has 4 heterocycles. The van der Waals surface area contributed by atoms with Crippen LogP contribution in [0.3, 0.4) is 0 Å². The van der Waals surface area contributed by atoms with Crippen molar-refractivity contribution < 1.29 is 77.4 Å². The second-order valence-electron chi connectivity index (χ2n) is 22.7. The van der Waals surface area contributed by atoms with Crippen molar-refractivity contribution in [3.8, 4) is 11.5 Å². The maximum Gasteiger partial charge on any atom is 0.409 e. The molecule has 0 saturated carbocycles. The Labute approximate surface area is 515 Å². The number of anilines is 2. The van der Waals surface area contributed by atoms with E-state index in [1.54, 1.807) is 52.0 Å². The van der Waals surface area contributed by atoms with Crippen LogP contribution in [-0.2, 0) is 49.3 Å². The van der Waals surface area contributed by atoms with Crippen LogP contribution in [0.5, 0.6) is 11.5 Å². The van der Waals surface area contributed by atoms with Crippen molar-refractivity contribution >= 4 is 87.9 Å². The maximum atomic E-state index is 14.5. The zero-order valence-electron chi connectivity index (χ0n) is 50.5. The number of thiocarbonyl (C=S) groups is 1. The summed E-state index contributed by atoms with van der Waals surface area (Å²) >= 11 is 12.3. The standard InChI is InChI=1S/C59H81ClN10O16S/c1-31(2)49(66-56(87)63-22-11-12-24-70-45(72)20-21-46(70)73)52(76)65-38(16-14-23-62-55(61)79)51(75)64-37-19-18-36(28-40(37)71)53(77)68(7)34(5)54(78)85-44-29-47(74)69(8)39-26-35(27-41(82-9)48(39)60)25-32(3)15-13-17-43(83-10)59(81)30-42(84-57(80)67-59)33(4)50-58(44,6)86-50/h13,15,17-21,26-28,31,33-34,38,42-45,49-50,71-72,81H,11-12,14,16,22-25,29-30H2,1-10H3,(H,64,75)(H,65,76)(H,67,80)(H3,61,62,79)(H2,63,66,87)/b17-13+,32-15+/t33-,34+,38+,42+,43-,44+,45?,49+,50+,58+,59+/m1/s1. The van der Waals surface area contributed by atoms with Gasteiger partial charge in [-0.25, -0.2) is 14.4 Å². The average molecular weight is 1250 g/mol. The molecule has 0 aromatic heterocycles. The van der Waals surface area contributed by atoms with E-state index in [1.165, 1.54) is 69.3 Å². The number of urea groups is 1. The quantitative estimate of drug-likeness (QED) is 0.0281. The number of benzene rings is 2. The van der Waals surface area contributed by atoms with Crippen LogP contribution in [0.1, 0.15) is 96.0 Å². The lowest BCUT2D eigenvalue weighted by Gasteiger charge is -2.42. The van der Waals surface area contributed by atoms with Crippen LogP contribution in [0.25, 0.3) is 0 Å². The summed E-state index contributed by atoms with van der Waals surface area (Å²) in [7, 11) is 5.68. The number of primary amides is 1. The first-order valence-corrected chi connectivity index (χ1v) is 29.4. The molecule has 0 radical (unpaired) electrons. The second kappa shape index (κ2) is 29.9. The van der Waals surface area contributed by atoms with E-state index in [2.05, 4.69) is 31.9 Å². The number of nitrogens with zero attached hydrogens (tertiary/aromatic N) is 3. The van der Waals surface area contributed by atoms with Crippen molar-refractivity contribution in [2.45, 2.75) is 147 Å². The van der Waals surface area contributed by atoms with E-state index in [4.69, 9.17) is 53.2 Å². The van der Waals surface area contributed by atoms with Crippen molar-refractivity contribution in [2.75, 3.05) is 58.2 Å². The largest absolute Gasteiger partial charge is 0.506 e. The third-order valence-corrected chi connectivity index (χ3v) is 16.6. The number of fused-ring (bicyclic) bond motifs is 5. The van der Waals surface area contributed by atoms with Crippen LogP contribution in [0.2, 0.25) is 5.02 Å². The number of carbonyl (C=O) groups is 8. The third-order valence-electron chi connectivity index (χ3n) is 15.9. The summed E-state index contributed by atoms with van der Waals surface area (Å²) in [6, 6.07) is 2.84. The van der Waals surface area contributed by atoms with Gasteiger partial charge in [0.2, 0.25) is 23.6 Å². The van der Waals surface area contributed by atoms with E-state index >= 15 is 0 Å². The molecule has 11 atom stereocenters. The summed E-state index contributed by atoms with van der Waals surface area (Å²) in [6.45, 7) is 11.0. The van der Waals surface area contributed by atoms with Gasteiger partial charge in [0, 0.05) is 64.8 Å². The number of epoxide rings is 1. The number of allylic oxidation sites excluding steroid dienone is 3. The Morgan fingerprint density at radius 2 is 1.72 bits per heavy atom. The number of hydrogen-bond donors (Lipinski definition) is 10. The van der Waals surface area contributed by atoms with Gasteiger partial charge in [-0.05, 0) is 113 Å². The van der Waals surface area contributed by atoms with Crippen molar-refractivity contribution in [3.63, 3.8) is 0 Å². The molecule has 26 nitrogen and oxygen atoms in total. The Morgan fingerprint density at radius 1 is 1.01 bits per heavy atom. The highest BCUT2D eigenvalue weighted by molar-refractivity contribution is 7.80. The van der Waals surface area contributed by atoms with Gasteiger partial charge in [-0.2, -0.15) is 0 Å². The summed E-state index contributed by atoms with van der Waals surface area (Å²) in [5, 5.41) is 49.7. The van der Waals surface area contributed by atoms with Crippen LogP contribution in [-0.4, -0.2) is 186 Å². The van der Waals surface area contributed by atoms with E-state index < -0.39 is 120 Å². The van der Waals surface area contributed by atoms with Gasteiger partial charge in [-0.1, -0.05) is 56.2 Å². The Morgan fingerprint density at radius 3 is 2.37 bits per heavy atom. The first kappa shape index (κ1) is 68.6. The average Bonchev–Trinajstić information content (AvgIpc) is 1.59. The monoisotopic (exact) mass is 1250 g/mol. The molecule has 2 aromatic rings. The highest BCUT2D eigenvalue weighted by Gasteiger charge is 2.64. The molecule has 4 aliphatic rings. The normalized spacial score (nSPS) is 25.7. The van der Waals surface area contributed by atoms with Crippen molar-refractivity contribution in [1.29, 1.82) is 0 Å². The minimum atomic E-state index is -1.93. The number of ether oxygens (including phenoxy) is 5. The second-order valence-corrected chi connectivity index (χ2v) is 23.5. The molecule has 2 saturated heterocycles. The number of alkyl carbamates (subject to hydrolysis) is 1. The molecular formula is C59H81ClN10O16S. The zero-order valence-corrected chi connectivity index (χ0v) is 52.0. The number of hydrogen-bond acceptors (Lipinski definition) is 17. The van der Waals surface area contributed by atoms with Crippen LogP contribution < -0.4 is 47.3 Å². The van der Waals surface area contributed by atoms with Gasteiger partial charge in [0.1, 0.15) is 64.8 Å². The number of rotatable bonds is 21. The molecule has 4 aliphatic heterocycles. The fourth-order valence-corrected chi connectivity index (χ4v) is 11.0. The number of nitrogens with one attached hydrogen (secondary N) is 6. The summed E-state index contributed by atoms with van der Waals surface area (Å²) in [4.78, 5) is 111. The van der Waals surface area contributed by atoms with Gasteiger partial charge in [-0.3, -0.25) is 29.3 Å². The molecule has 2 fully saturated rings. The summed E-state index contributed by atoms with van der Waals surface area (Å²) in [6.07, 6.45) is 2.96. The number of likely N-dealkylation sites (N-methyl/N-ethyl adjacent to an activating group) is 1. The van der Waals surface area contributed by atoms with Gasteiger partial charge < -0.3 is 86.0 Å². The molecule has 2 aromatic carbocycles. The first-order valence-electron chi connectivity index (χ1n) is 28.6. The molecule has 1 unspecified atom stereocenters. The number of aliphatic hydroxyl groups excluding tert-OH is 1. The highest BCUT2D eigenvalue weighted by atomic mass is 35.5. The van der Waals surface area contributed by atoms with E-state index in [0.29, 0.717) is 43.8 Å². The molecule has 0 spiro atoms. The van der Waals surface area contributed by atoms with E-state index in [0.717, 1.165) is 22.1 Å². The molecule has 6 rings (SSSR count). The number of nitrogens with two attached hydrogens (primary N) is 1. The number of phenols is 1. The maximum absolute atomic E-state index is 14.5. The number of carbonyl (C=O) groups excluding carboxylic acids is 8. The van der Waals surface area contributed by atoms with E-state index in [1.807, 2.05) is 13.0 Å². The van der Waals surface area contributed by atoms with Gasteiger partial charge in [0.05, 0.1) is 31.0 Å². The third kappa shape index (κ3) is 17.4. The first-order chi connectivity index (χ1) is 41.0. The number of phenolic OH excluding ortho intramolecular Hbond substituents is 1. The van der Waals surface area contributed by atoms with Gasteiger partial charge >= 0.3 is 18.1 Å². The minimum Gasteiger partial charge on any atom is -0.506 e. The molecule has 11 N–H and O–H groups in total. The number of aromatic hydroxyl groups is 1. The number of aliphatic hydroxyl groups is 2. The Bertz CT molecular complexity index is 3020. The minimum absolute atomic E-state index is 0.00234. The lowest BCUT2D eigenvalue weighted by molar-refractivity contribution is -0.158. The Kier molecular flexibility index (Phi) is 23.6. The molecule has 4 bridgehead atoms. The Hall–Kier alpha value is -7.56. The number of methoxy groups -OCH3 is 2. The summed E-state index contributed by atoms with van der Waals surface area (Å²) in [5.41, 5.74) is 3.57. The fraction of sp³-hybridized carbons (Fsp3) is 0.542. The molecule has 0 aliphatic carbocycles. The van der Waals surface area contributed by atoms with E-state index in [-0.39, 0.29) is 59.0 Å². The highest BCUT2D eigenvalue weighted by Crippen LogP contribution is 2.49. The molecule has 28 heteroatoms. The van der Waals surface area contributed by atoms with Crippen molar-refractivity contribution in [2.24, 2.45) is 17.6 Å². The summed E-state index contributed by atoms with van der Waals surface area (Å²) < 4.78 is 29.5. The predicted molar refractivity (Wildman–Crippen MR) is 324 cm³/mol. The van der Waals surface area contributed by atoms with Crippen LogP contribution in [0.4, 0.5) is 21.0 Å². The van der Waals surface area contributed by atoms with Gasteiger partial charge in [0.25, 0.3) is 5.91 Å². The van der Waals surface area contributed by atoms with Crippen molar-refractivity contribution in [3.05, 3.63) is 82.4 Å². The number of amides is 8. The predicted octanol–water partition coefficient (Wildman–Crippen LogP) is 3.39. The summed E-state index contributed by atoms with van der Waals surface area (Å²) in [5.74, 6) is -5.14. The van der Waals surface area contributed by atoms with Gasteiger partial charge in [0.15, 0.2) is 10.8 Å².